The van der Waals surface area contributed by atoms with Gasteiger partial charge in [0.2, 0.25) is 12.6 Å². The zero-order valence-corrected chi connectivity index (χ0v) is 14.1. The van der Waals surface area contributed by atoms with Crippen molar-refractivity contribution in [3.8, 4) is 0 Å². The van der Waals surface area contributed by atoms with Crippen LogP contribution in [0.1, 0.15) is 0 Å². The van der Waals surface area contributed by atoms with Gasteiger partial charge in [-0.25, -0.2) is 0 Å². The molecule has 13 nitrogen and oxygen atoms in total. The van der Waals surface area contributed by atoms with Crippen molar-refractivity contribution in [3.05, 3.63) is 0 Å². The molecule has 0 aliphatic carbocycles. The predicted molar refractivity (Wildman–Crippen MR) is 77.3 cm³/mol. The third-order valence-corrected chi connectivity index (χ3v) is 4.84. The van der Waals surface area contributed by atoms with Gasteiger partial charge in [0.15, 0.2) is 0 Å². The average Bonchev–Trinajstić information content (AvgIpc) is 2.62. The van der Waals surface area contributed by atoms with Crippen LogP contribution in [0.4, 0.5) is 0 Å². The van der Waals surface area contributed by atoms with Gasteiger partial charge in [0, 0.05) is 4.57 Å². The highest BCUT2D eigenvalue weighted by molar-refractivity contribution is 7.33. The van der Waals surface area contributed by atoms with Crippen molar-refractivity contribution in [2.75, 3.05) is 13.2 Å². The Hall–Kier alpha value is -0.380. The fraction of sp³-hybridized carbons (Fsp3) is 1.00. The van der Waals surface area contributed by atoms with Crippen LogP contribution in [0, 0.1) is 0 Å². The molecule has 0 unspecified atom stereocenters. The highest BCUT2D eigenvalue weighted by Crippen LogP contribution is 2.36. The summed E-state index contributed by atoms with van der Waals surface area (Å²) in [5.74, 6) is 0. The van der Waals surface area contributed by atoms with Crippen LogP contribution in [0.3, 0.4) is 0 Å². The van der Waals surface area contributed by atoms with E-state index in [2.05, 4.69) is 0 Å². The summed E-state index contributed by atoms with van der Waals surface area (Å²) < 4.78 is 31.4. The summed E-state index contributed by atoms with van der Waals surface area (Å²) in [6.45, 7) is -1.45. The molecule has 0 aromatic heterocycles. The van der Waals surface area contributed by atoms with E-state index < -0.39 is 82.9 Å². The highest BCUT2D eigenvalue weighted by Gasteiger charge is 2.51. The zero-order valence-electron chi connectivity index (χ0n) is 13.3. The molecule has 8 N–H and O–H groups in total. The second-order valence-corrected chi connectivity index (χ2v) is 6.70. The first-order valence-corrected chi connectivity index (χ1v) is 8.72. The number of hydrogen-bond donors (Lipinski definition) is 8. The SMILES string of the molecule is O=[P+](O[C@H]1O[C@H](CO)[C@@H](O)[C@H](O)[C@H]1O)O[C@H]1O[C@H](CO)[C@@H](O)[C@H](O)[C@H]1O. The molecule has 2 aliphatic rings. The lowest BCUT2D eigenvalue weighted by molar-refractivity contribution is -0.290. The van der Waals surface area contributed by atoms with Gasteiger partial charge >= 0.3 is 8.25 Å². The van der Waals surface area contributed by atoms with Gasteiger partial charge in [-0.2, -0.15) is 0 Å². The van der Waals surface area contributed by atoms with Gasteiger partial charge < -0.3 is 50.3 Å². The van der Waals surface area contributed by atoms with Gasteiger partial charge in [-0.15, -0.1) is 0 Å². The molecule has 0 aromatic carbocycles. The molecule has 0 spiro atoms. The van der Waals surface area contributed by atoms with E-state index in [0.717, 1.165) is 0 Å². The fourth-order valence-corrected chi connectivity index (χ4v) is 3.24. The lowest BCUT2D eigenvalue weighted by atomic mass is 9.99. The Kier molecular flexibility index (Phi) is 7.76. The van der Waals surface area contributed by atoms with Crippen molar-refractivity contribution in [1.82, 2.24) is 0 Å². The minimum Gasteiger partial charge on any atom is -0.394 e. The number of hydrogen-bond acceptors (Lipinski definition) is 13. The summed E-state index contributed by atoms with van der Waals surface area (Å²) in [7, 11) is -3.16. The number of aliphatic hydroxyl groups excluding tert-OH is 8. The van der Waals surface area contributed by atoms with Gasteiger partial charge in [-0.3, -0.25) is 0 Å². The molecule has 14 heteroatoms. The van der Waals surface area contributed by atoms with Gasteiger partial charge in [0.05, 0.1) is 13.2 Å². The third-order valence-electron chi connectivity index (χ3n) is 4.08. The van der Waals surface area contributed by atoms with E-state index in [0.29, 0.717) is 0 Å². The van der Waals surface area contributed by atoms with Crippen LogP contribution >= 0.6 is 8.25 Å². The van der Waals surface area contributed by atoms with Gasteiger partial charge in [-0.05, 0) is 0 Å². The van der Waals surface area contributed by atoms with Crippen LogP contribution in [0.2, 0.25) is 0 Å². The maximum atomic E-state index is 11.9. The molecule has 0 aromatic rings. The summed E-state index contributed by atoms with van der Waals surface area (Å²) in [5.41, 5.74) is 0. The molecule has 2 saturated heterocycles. The largest absolute Gasteiger partial charge is 0.703 e. The van der Waals surface area contributed by atoms with Crippen LogP contribution in [-0.2, 0) is 23.1 Å². The van der Waals surface area contributed by atoms with E-state index in [-0.39, 0.29) is 0 Å². The zero-order chi connectivity index (χ0) is 19.6. The lowest BCUT2D eigenvalue weighted by Gasteiger charge is -2.38. The second-order valence-electron chi connectivity index (χ2n) is 5.83. The summed E-state index contributed by atoms with van der Waals surface area (Å²) in [5, 5.41) is 76.2. The van der Waals surface area contributed by atoms with E-state index in [1.807, 2.05) is 0 Å². The van der Waals surface area contributed by atoms with E-state index >= 15 is 0 Å². The van der Waals surface area contributed by atoms with Crippen LogP contribution in [0.5, 0.6) is 0 Å². The Bertz CT molecular complexity index is 436. The standard InChI is InChI=1S/C12H22O13P/c13-1-3-5(15)7(17)9(19)11(22-3)24-26(21)25-12-10(20)8(18)6(16)4(2-14)23-12/h3-20H,1-2H2/q+1/t3-,4-,5-,6-,7+,8+,9-,10-,11-,12-/m1/s1. The molecule has 2 rings (SSSR count). The molecule has 0 radical (unpaired) electrons. The van der Waals surface area contributed by atoms with Crippen LogP contribution in [0.15, 0.2) is 0 Å². The van der Waals surface area contributed by atoms with Gasteiger partial charge in [0.1, 0.15) is 48.8 Å². The summed E-state index contributed by atoms with van der Waals surface area (Å²) in [4.78, 5) is 0. The first-order valence-electron chi connectivity index (χ1n) is 7.63. The molecule has 10 atom stereocenters. The molecular weight excluding hydrogens is 383 g/mol. The molecule has 152 valence electrons. The number of rotatable bonds is 6. The lowest BCUT2D eigenvalue weighted by Crippen LogP contribution is -2.59. The summed E-state index contributed by atoms with van der Waals surface area (Å²) in [6.07, 6.45) is -16.6. The third kappa shape index (κ3) is 4.54. The summed E-state index contributed by atoms with van der Waals surface area (Å²) >= 11 is 0. The molecule has 2 aliphatic heterocycles. The Morgan fingerprint density at radius 2 is 1.00 bits per heavy atom. The van der Waals surface area contributed by atoms with Crippen molar-refractivity contribution in [2.45, 2.75) is 61.4 Å². The molecule has 26 heavy (non-hydrogen) atoms. The van der Waals surface area contributed by atoms with E-state index in [1.165, 1.54) is 0 Å². The van der Waals surface area contributed by atoms with Crippen LogP contribution in [-0.4, -0.2) is 115 Å². The molecule has 2 heterocycles. The Labute approximate surface area is 147 Å². The molecule has 2 fully saturated rings. The average molecular weight is 405 g/mol. The highest BCUT2D eigenvalue weighted by atomic mass is 31.1. The van der Waals surface area contributed by atoms with Crippen LogP contribution in [0.25, 0.3) is 0 Å². The van der Waals surface area contributed by atoms with Crippen molar-refractivity contribution in [2.24, 2.45) is 0 Å². The fourth-order valence-electron chi connectivity index (χ4n) is 2.50. The van der Waals surface area contributed by atoms with E-state index in [1.54, 1.807) is 0 Å². The molecule has 0 saturated carbocycles. The minimum absolute atomic E-state index is 0.727. The normalized spacial score (nSPS) is 46.9. The smallest absolute Gasteiger partial charge is 0.394 e. The molecular formula is C12H22O13P+. The first kappa shape index (κ1) is 21.9. The van der Waals surface area contributed by atoms with E-state index in [9.17, 15) is 35.2 Å². The topological polar surface area (TPSA) is 216 Å². The minimum atomic E-state index is -3.16. The quantitative estimate of drug-likeness (QED) is 0.195. The van der Waals surface area contributed by atoms with E-state index in [4.69, 9.17) is 28.7 Å². The summed E-state index contributed by atoms with van der Waals surface area (Å²) in [6, 6.07) is 0. The monoisotopic (exact) mass is 405 g/mol. The maximum Gasteiger partial charge on any atom is 0.703 e. The molecule has 0 amide bonds. The number of ether oxygens (including phenoxy) is 2. The van der Waals surface area contributed by atoms with Crippen molar-refractivity contribution in [3.63, 3.8) is 0 Å². The Balaban J connectivity index is 1.97. The first-order chi connectivity index (χ1) is 12.2. The van der Waals surface area contributed by atoms with Crippen molar-refractivity contribution >= 4 is 8.25 Å². The van der Waals surface area contributed by atoms with Crippen molar-refractivity contribution < 1.29 is 63.9 Å². The van der Waals surface area contributed by atoms with Gasteiger partial charge in [-0.1, -0.05) is 9.05 Å². The Morgan fingerprint density at radius 1 is 0.654 bits per heavy atom. The predicted octanol–water partition coefficient (Wildman–Crippen LogP) is -4.72. The second kappa shape index (κ2) is 9.21. The van der Waals surface area contributed by atoms with Crippen LogP contribution < -0.4 is 0 Å². The Morgan fingerprint density at radius 3 is 1.31 bits per heavy atom. The van der Waals surface area contributed by atoms with Crippen molar-refractivity contribution in [1.29, 1.82) is 0 Å². The molecule has 0 bridgehead atoms. The number of aliphatic hydroxyl groups is 8. The van der Waals surface area contributed by atoms with Gasteiger partial charge in [0.25, 0.3) is 0 Å². The maximum absolute atomic E-state index is 11.9.